The van der Waals surface area contributed by atoms with Crippen LogP contribution in [0.4, 0.5) is 0 Å². The number of rotatable bonds is 4. The number of guanidine groups is 1. The highest BCUT2D eigenvalue weighted by atomic mass is 127. The van der Waals surface area contributed by atoms with Gasteiger partial charge in [-0.3, -0.25) is 4.99 Å². The van der Waals surface area contributed by atoms with Crippen molar-refractivity contribution in [1.82, 2.24) is 20.8 Å². The van der Waals surface area contributed by atoms with Gasteiger partial charge in [-0.25, -0.2) is 0 Å². The van der Waals surface area contributed by atoms with Gasteiger partial charge in [0.15, 0.2) is 11.8 Å². The number of thioether (sulfide) groups is 1. The number of aromatic nitrogens is 2. The fraction of sp³-hybridized carbons (Fsp3) is 0.812. The second-order valence-corrected chi connectivity index (χ2v) is 8.20. The number of hydrogen-bond donors (Lipinski definition) is 2. The standard InChI is InChI=1S/C16H29N5OS.HI/c1-16(2,3)14-20-13(21-22-14)10-18-15(17-4)19-11-7-6-8-12(9-11)23-5;/h11-12H,6-10H2,1-5H3,(H2,17,18,19);1H. The first-order valence-electron chi connectivity index (χ1n) is 8.25. The van der Waals surface area contributed by atoms with E-state index in [0.29, 0.717) is 24.3 Å². The molecule has 0 aliphatic heterocycles. The zero-order valence-corrected chi connectivity index (χ0v) is 18.4. The fourth-order valence-corrected chi connectivity index (χ4v) is 3.50. The highest BCUT2D eigenvalue weighted by Crippen LogP contribution is 2.26. The molecule has 0 saturated heterocycles. The van der Waals surface area contributed by atoms with Crippen molar-refractivity contribution in [3.05, 3.63) is 11.7 Å². The first-order valence-corrected chi connectivity index (χ1v) is 9.54. The number of hydrogen-bond acceptors (Lipinski definition) is 5. The molecule has 2 rings (SSSR count). The molecule has 6 nitrogen and oxygen atoms in total. The number of nitrogens with one attached hydrogen (secondary N) is 2. The normalized spacial score (nSPS) is 22.0. The molecule has 0 radical (unpaired) electrons. The molecule has 1 fully saturated rings. The molecular weight excluding hydrogens is 437 g/mol. The van der Waals surface area contributed by atoms with E-state index in [-0.39, 0.29) is 29.4 Å². The van der Waals surface area contributed by atoms with Crippen molar-refractivity contribution in [1.29, 1.82) is 0 Å². The minimum absolute atomic E-state index is 0. The van der Waals surface area contributed by atoms with Crippen LogP contribution in [0.15, 0.2) is 9.52 Å². The Hall–Kier alpha value is -0.510. The van der Waals surface area contributed by atoms with Gasteiger partial charge in [0, 0.05) is 23.8 Å². The summed E-state index contributed by atoms with van der Waals surface area (Å²) >= 11 is 1.97. The zero-order valence-electron chi connectivity index (χ0n) is 15.3. The molecule has 0 bridgehead atoms. The summed E-state index contributed by atoms with van der Waals surface area (Å²) in [5, 5.41) is 11.6. The molecular formula is C16H30IN5OS. The molecule has 1 saturated carbocycles. The molecule has 24 heavy (non-hydrogen) atoms. The summed E-state index contributed by atoms with van der Waals surface area (Å²) in [7, 11) is 1.79. The van der Waals surface area contributed by atoms with Crippen molar-refractivity contribution in [2.24, 2.45) is 4.99 Å². The van der Waals surface area contributed by atoms with Crippen LogP contribution >= 0.6 is 35.7 Å². The minimum atomic E-state index is -0.125. The van der Waals surface area contributed by atoms with Gasteiger partial charge in [0.25, 0.3) is 0 Å². The van der Waals surface area contributed by atoms with Gasteiger partial charge in [0.2, 0.25) is 5.89 Å². The quantitative estimate of drug-likeness (QED) is 0.402. The topological polar surface area (TPSA) is 75.3 Å². The summed E-state index contributed by atoms with van der Waals surface area (Å²) in [5.41, 5.74) is -0.125. The summed E-state index contributed by atoms with van der Waals surface area (Å²) in [6, 6.07) is 0.489. The first-order chi connectivity index (χ1) is 10.9. The molecule has 0 aromatic carbocycles. The lowest BCUT2D eigenvalue weighted by Gasteiger charge is -2.29. The average Bonchev–Trinajstić information content (AvgIpc) is 3.00. The number of halogens is 1. The first kappa shape index (κ1) is 21.5. The lowest BCUT2D eigenvalue weighted by atomic mass is 9.95. The van der Waals surface area contributed by atoms with Crippen LogP contribution in [0.2, 0.25) is 0 Å². The van der Waals surface area contributed by atoms with Crippen LogP contribution in [0.25, 0.3) is 0 Å². The second kappa shape index (κ2) is 9.84. The van der Waals surface area contributed by atoms with Crippen molar-refractivity contribution in [3.63, 3.8) is 0 Å². The van der Waals surface area contributed by atoms with Gasteiger partial charge < -0.3 is 15.2 Å². The number of nitrogens with zero attached hydrogens (tertiary/aromatic N) is 3. The second-order valence-electron chi connectivity index (χ2n) is 7.06. The maximum absolute atomic E-state index is 5.31. The van der Waals surface area contributed by atoms with Crippen molar-refractivity contribution in [2.75, 3.05) is 13.3 Å². The molecule has 2 atom stereocenters. The van der Waals surface area contributed by atoms with Gasteiger partial charge >= 0.3 is 0 Å². The molecule has 0 spiro atoms. The monoisotopic (exact) mass is 467 g/mol. The van der Waals surface area contributed by atoms with Crippen LogP contribution < -0.4 is 10.6 Å². The molecule has 0 amide bonds. The van der Waals surface area contributed by atoms with Crippen LogP contribution in [-0.4, -0.2) is 40.7 Å². The molecule has 1 aromatic rings. The van der Waals surface area contributed by atoms with E-state index in [9.17, 15) is 0 Å². The molecule has 1 aromatic heterocycles. The summed E-state index contributed by atoms with van der Waals surface area (Å²) in [5.74, 6) is 2.12. The summed E-state index contributed by atoms with van der Waals surface area (Å²) < 4.78 is 5.31. The molecule has 1 heterocycles. The van der Waals surface area contributed by atoms with Crippen LogP contribution in [0.5, 0.6) is 0 Å². The van der Waals surface area contributed by atoms with E-state index in [1.807, 2.05) is 11.8 Å². The summed E-state index contributed by atoms with van der Waals surface area (Å²) in [6.07, 6.45) is 7.19. The van der Waals surface area contributed by atoms with E-state index in [2.05, 4.69) is 52.8 Å². The van der Waals surface area contributed by atoms with Crippen molar-refractivity contribution in [2.45, 2.75) is 69.7 Å². The Morgan fingerprint density at radius 3 is 2.71 bits per heavy atom. The van der Waals surface area contributed by atoms with Gasteiger partial charge in [0.1, 0.15) is 0 Å². The van der Waals surface area contributed by atoms with Crippen LogP contribution in [-0.2, 0) is 12.0 Å². The third kappa shape index (κ3) is 6.42. The lowest BCUT2D eigenvalue weighted by Crippen LogP contribution is -2.45. The van der Waals surface area contributed by atoms with Crippen molar-refractivity contribution < 1.29 is 4.52 Å². The third-order valence-corrected chi connectivity index (χ3v) is 5.14. The van der Waals surface area contributed by atoms with Crippen molar-refractivity contribution >= 4 is 41.7 Å². The Morgan fingerprint density at radius 2 is 2.12 bits per heavy atom. The minimum Gasteiger partial charge on any atom is -0.354 e. The highest BCUT2D eigenvalue weighted by Gasteiger charge is 2.23. The summed E-state index contributed by atoms with van der Waals surface area (Å²) in [4.78, 5) is 8.74. The smallest absolute Gasteiger partial charge is 0.232 e. The van der Waals surface area contributed by atoms with Crippen LogP contribution in [0.1, 0.15) is 58.2 Å². The maximum Gasteiger partial charge on any atom is 0.232 e. The van der Waals surface area contributed by atoms with Gasteiger partial charge in [-0.05, 0) is 25.5 Å². The van der Waals surface area contributed by atoms with E-state index in [0.717, 1.165) is 11.2 Å². The number of aliphatic imine (C=N–C) groups is 1. The van der Waals surface area contributed by atoms with E-state index in [1.165, 1.54) is 25.7 Å². The molecule has 2 unspecified atom stereocenters. The van der Waals surface area contributed by atoms with Gasteiger partial charge in [-0.15, -0.1) is 24.0 Å². The van der Waals surface area contributed by atoms with E-state index in [4.69, 9.17) is 4.52 Å². The van der Waals surface area contributed by atoms with Crippen LogP contribution in [0.3, 0.4) is 0 Å². The molecule has 8 heteroatoms. The SMILES string of the molecule is CN=C(NCc1noc(C(C)(C)C)n1)NC1CCCC(SC)C1.I. The zero-order chi connectivity index (χ0) is 16.9. The Kier molecular flexibility index (Phi) is 8.83. The fourth-order valence-electron chi connectivity index (χ4n) is 2.67. The van der Waals surface area contributed by atoms with Gasteiger partial charge in [0.05, 0.1) is 6.54 Å². The molecule has 1 aliphatic carbocycles. The van der Waals surface area contributed by atoms with Crippen molar-refractivity contribution in [3.8, 4) is 0 Å². The Labute approximate surface area is 166 Å². The average molecular weight is 467 g/mol. The van der Waals surface area contributed by atoms with Crippen LogP contribution in [0, 0.1) is 0 Å². The predicted octanol–water partition coefficient (Wildman–Crippen LogP) is 3.32. The Balaban J connectivity index is 0.00000288. The van der Waals surface area contributed by atoms with E-state index < -0.39 is 0 Å². The van der Waals surface area contributed by atoms with Gasteiger partial charge in [-0.1, -0.05) is 32.3 Å². The largest absolute Gasteiger partial charge is 0.354 e. The van der Waals surface area contributed by atoms with Gasteiger partial charge in [-0.2, -0.15) is 16.7 Å². The Bertz CT molecular complexity index is 529. The van der Waals surface area contributed by atoms with E-state index >= 15 is 0 Å². The van der Waals surface area contributed by atoms with E-state index in [1.54, 1.807) is 7.05 Å². The Morgan fingerprint density at radius 1 is 1.38 bits per heavy atom. The maximum atomic E-state index is 5.31. The molecule has 1 aliphatic rings. The summed E-state index contributed by atoms with van der Waals surface area (Å²) in [6.45, 7) is 6.69. The highest BCUT2D eigenvalue weighted by molar-refractivity contribution is 14.0. The molecule has 138 valence electrons. The lowest BCUT2D eigenvalue weighted by molar-refractivity contribution is 0.318. The third-order valence-electron chi connectivity index (χ3n) is 4.05. The predicted molar refractivity (Wildman–Crippen MR) is 111 cm³/mol. The molecule has 2 N–H and O–H groups in total.